The number of urea groups is 1. The molecule has 0 saturated heterocycles. The second-order valence-electron chi connectivity index (χ2n) is 7.32. The van der Waals surface area contributed by atoms with Crippen LogP contribution >= 0.6 is 39.0 Å². The molecule has 2 amide bonds. The summed E-state index contributed by atoms with van der Waals surface area (Å²) < 4.78 is 16.0. The first-order chi connectivity index (χ1) is 14.3. The molecule has 10 heteroatoms. The van der Waals surface area contributed by atoms with Gasteiger partial charge in [-0.05, 0) is 37.0 Å². The first kappa shape index (κ1) is 23.0. The van der Waals surface area contributed by atoms with Crippen LogP contribution < -0.4 is 10.2 Å². The van der Waals surface area contributed by atoms with Crippen molar-refractivity contribution in [2.45, 2.75) is 36.8 Å². The molecule has 0 radical (unpaired) electrons. The number of anilines is 2. The van der Waals surface area contributed by atoms with E-state index in [4.69, 9.17) is 5.11 Å². The molecule has 1 saturated carbocycles. The summed E-state index contributed by atoms with van der Waals surface area (Å²) in [4.78, 5) is 29.6. The predicted octanol–water partition coefficient (Wildman–Crippen LogP) is 6.09. The molecule has 1 fully saturated rings. The van der Waals surface area contributed by atoms with Gasteiger partial charge in [-0.15, -0.1) is 11.8 Å². The highest BCUT2D eigenvalue weighted by atomic mass is 79.9. The summed E-state index contributed by atoms with van der Waals surface area (Å²) in [7, 11) is 0. The third kappa shape index (κ3) is 6.18. The number of nitrogens with one attached hydrogen (secondary N) is 1. The summed E-state index contributed by atoms with van der Waals surface area (Å²) in [6, 6.07) is 4.25. The molecule has 1 aliphatic rings. The first-order valence-electron chi connectivity index (χ1n) is 9.68. The number of hydrogen-bond acceptors (Lipinski definition) is 5. The zero-order valence-electron chi connectivity index (χ0n) is 16.4. The largest absolute Gasteiger partial charge is 0.481 e. The van der Waals surface area contributed by atoms with E-state index in [2.05, 4.69) is 26.2 Å². The lowest BCUT2D eigenvalue weighted by Crippen LogP contribution is -2.38. The normalized spacial score (nSPS) is 15.2. The van der Waals surface area contributed by atoms with Crippen LogP contribution in [0.1, 0.15) is 32.6 Å². The Morgan fingerprint density at radius 3 is 2.83 bits per heavy atom. The number of benzene rings is 1. The van der Waals surface area contributed by atoms with Crippen molar-refractivity contribution in [2.24, 2.45) is 11.8 Å². The second kappa shape index (κ2) is 10.6. The number of hydrogen-bond donors (Lipinski definition) is 2. The summed E-state index contributed by atoms with van der Waals surface area (Å²) >= 11 is 5.92. The lowest BCUT2D eigenvalue weighted by molar-refractivity contribution is -0.140. The molecule has 0 bridgehead atoms. The van der Waals surface area contributed by atoms with E-state index in [1.54, 1.807) is 25.3 Å². The van der Waals surface area contributed by atoms with E-state index in [0.717, 1.165) is 29.9 Å². The molecule has 3 rings (SSSR count). The number of aliphatic carboxylic acids is 1. The number of thiazole rings is 1. The topological polar surface area (TPSA) is 82.5 Å². The van der Waals surface area contributed by atoms with Gasteiger partial charge in [0.1, 0.15) is 5.82 Å². The van der Waals surface area contributed by atoms with Crippen LogP contribution in [0.2, 0.25) is 0 Å². The van der Waals surface area contributed by atoms with E-state index in [0.29, 0.717) is 27.8 Å². The number of carboxylic acids is 1. The molecule has 1 unspecified atom stereocenters. The van der Waals surface area contributed by atoms with Gasteiger partial charge in [0.25, 0.3) is 0 Å². The van der Waals surface area contributed by atoms with Gasteiger partial charge in [0.05, 0.1) is 22.0 Å². The zero-order valence-corrected chi connectivity index (χ0v) is 19.7. The van der Waals surface area contributed by atoms with Crippen molar-refractivity contribution in [3.63, 3.8) is 0 Å². The number of carbonyl (C=O) groups is 2. The minimum absolute atomic E-state index is 0.240. The Hall–Kier alpha value is -1.65. The standard InChI is InChI=1S/C20H23BrFN3O3S2/c1-12(18(26)27)11-29-17-9-23-19(30-17)24-20(28)25(10-13-4-2-3-5-13)16-7-6-14(21)8-15(16)22/h6-9,12-13H,2-5,10-11H2,1H3,(H,26,27)(H,23,24,28). The highest BCUT2D eigenvalue weighted by Crippen LogP contribution is 2.32. The van der Waals surface area contributed by atoms with Gasteiger partial charge in [-0.2, -0.15) is 0 Å². The van der Waals surface area contributed by atoms with Crippen molar-refractivity contribution in [2.75, 3.05) is 22.5 Å². The molecule has 1 heterocycles. The van der Waals surface area contributed by atoms with Crippen molar-refractivity contribution in [1.29, 1.82) is 0 Å². The smallest absolute Gasteiger partial charge is 0.328 e. The lowest BCUT2D eigenvalue weighted by Gasteiger charge is -2.26. The third-order valence-corrected chi connectivity index (χ3v) is 7.82. The van der Waals surface area contributed by atoms with Crippen molar-refractivity contribution in [3.8, 4) is 0 Å². The van der Waals surface area contributed by atoms with Gasteiger partial charge < -0.3 is 5.11 Å². The van der Waals surface area contributed by atoms with Gasteiger partial charge in [-0.1, -0.05) is 47.0 Å². The summed E-state index contributed by atoms with van der Waals surface area (Å²) in [6.07, 6.45) is 5.93. The lowest BCUT2D eigenvalue weighted by atomic mass is 10.1. The molecule has 162 valence electrons. The van der Waals surface area contributed by atoms with Crippen LogP contribution in [0.25, 0.3) is 0 Å². The summed E-state index contributed by atoms with van der Waals surface area (Å²) in [5.41, 5.74) is 0.240. The van der Waals surface area contributed by atoms with Crippen LogP contribution in [0.4, 0.5) is 20.0 Å². The van der Waals surface area contributed by atoms with Crippen LogP contribution in [0.5, 0.6) is 0 Å². The SMILES string of the molecule is CC(CSc1cnc(NC(=O)N(CC2CCCC2)c2ccc(Br)cc2F)s1)C(=O)O. The van der Waals surface area contributed by atoms with E-state index in [1.165, 1.54) is 34.1 Å². The summed E-state index contributed by atoms with van der Waals surface area (Å²) in [5.74, 6) is -1.02. The fourth-order valence-electron chi connectivity index (χ4n) is 3.26. The molecular formula is C20H23BrFN3O3S2. The fourth-order valence-corrected chi connectivity index (χ4v) is 5.50. The van der Waals surface area contributed by atoms with Gasteiger partial charge in [0.15, 0.2) is 5.13 Å². The summed E-state index contributed by atoms with van der Waals surface area (Å²) in [5, 5.41) is 12.2. The Morgan fingerprint density at radius 2 is 2.17 bits per heavy atom. The second-order valence-corrected chi connectivity index (χ2v) is 10.6. The maximum absolute atomic E-state index is 14.6. The van der Waals surface area contributed by atoms with E-state index in [9.17, 15) is 14.0 Å². The van der Waals surface area contributed by atoms with Gasteiger partial charge in [-0.3, -0.25) is 15.0 Å². The maximum Gasteiger partial charge on any atom is 0.328 e. The molecule has 0 spiro atoms. The van der Waals surface area contributed by atoms with Crippen molar-refractivity contribution < 1.29 is 19.1 Å². The third-order valence-electron chi connectivity index (χ3n) is 4.96. The fraction of sp³-hybridized carbons (Fsp3) is 0.450. The van der Waals surface area contributed by atoms with E-state index in [-0.39, 0.29) is 5.69 Å². The number of thioether (sulfide) groups is 1. The van der Waals surface area contributed by atoms with E-state index < -0.39 is 23.7 Å². The van der Waals surface area contributed by atoms with Crippen molar-refractivity contribution in [3.05, 3.63) is 34.7 Å². The minimum atomic E-state index is -0.848. The molecule has 1 aromatic carbocycles. The Bertz CT molecular complexity index is 905. The Morgan fingerprint density at radius 1 is 1.43 bits per heavy atom. The van der Waals surface area contributed by atoms with Crippen LogP contribution in [0.15, 0.2) is 33.1 Å². The molecule has 2 N–H and O–H groups in total. The van der Waals surface area contributed by atoms with Crippen LogP contribution in [-0.4, -0.2) is 34.4 Å². The van der Waals surface area contributed by atoms with Crippen LogP contribution in [-0.2, 0) is 4.79 Å². The van der Waals surface area contributed by atoms with Crippen molar-refractivity contribution >= 4 is 61.8 Å². The highest BCUT2D eigenvalue weighted by Gasteiger charge is 2.26. The first-order valence-corrected chi connectivity index (χ1v) is 12.3. The Labute approximate surface area is 191 Å². The molecule has 30 heavy (non-hydrogen) atoms. The average Bonchev–Trinajstić information content (AvgIpc) is 3.36. The van der Waals surface area contributed by atoms with E-state index in [1.807, 2.05) is 0 Å². The zero-order chi connectivity index (χ0) is 21.7. The van der Waals surface area contributed by atoms with Crippen molar-refractivity contribution in [1.82, 2.24) is 4.98 Å². The van der Waals surface area contributed by atoms with E-state index >= 15 is 0 Å². The Kier molecular flexibility index (Phi) is 8.13. The molecule has 6 nitrogen and oxygen atoms in total. The average molecular weight is 516 g/mol. The van der Waals surface area contributed by atoms with Crippen LogP contribution in [0.3, 0.4) is 0 Å². The number of aromatic nitrogens is 1. The molecular weight excluding hydrogens is 493 g/mol. The maximum atomic E-state index is 14.6. The summed E-state index contributed by atoms with van der Waals surface area (Å²) in [6.45, 7) is 2.10. The molecule has 2 aromatic rings. The molecule has 0 aliphatic heterocycles. The van der Waals surface area contributed by atoms with Gasteiger partial charge in [-0.25, -0.2) is 14.2 Å². The Balaban J connectivity index is 1.71. The van der Waals surface area contributed by atoms with Gasteiger partial charge in [0.2, 0.25) is 0 Å². The number of nitrogens with zero attached hydrogens (tertiary/aromatic N) is 2. The predicted molar refractivity (Wildman–Crippen MR) is 122 cm³/mol. The van der Waals surface area contributed by atoms with Crippen LogP contribution in [0, 0.1) is 17.7 Å². The number of amides is 2. The quantitative estimate of drug-likeness (QED) is 0.415. The molecule has 1 atom stereocenters. The minimum Gasteiger partial charge on any atom is -0.481 e. The van der Waals surface area contributed by atoms with Gasteiger partial charge >= 0.3 is 12.0 Å². The number of rotatable bonds is 8. The highest BCUT2D eigenvalue weighted by molar-refractivity contribution is 9.10. The monoisotopic (exact) mass is 515 g/mol. The number of halogens is 2. The number of carboxylic acid groups (broad SMARTS) is 1. The molecule has 1 aliphatic carbocycles. The number of carbonyl (C=O) groups excluding carboxylic acids is 1. The molecule has 1 aromatic heterocycles. The van der Waals surface area contributed by atoms with Gasteiger partial charge in [0, 0.05) is 16.8 Å².